The highest BCUT2D eigenvalue weighted by molar-refractivity contribution is 6.31. The number of anilines is 1. The molecule has 8 nitrogen and oxygen atoms in total. The van der Waals surface area contributed by atoms with Crippen molar-refractivity contribution in [2.75, 3.05) is 31.6 Å². The molecule has 0 spiro atoms. The molecule has 0 aliphatic carbocycles. The van der Waals surface area contributed by atoms with Crippen molar-refractivity contribution in [3.8, 4) is 11.4 Å². The summed E-state index contributed by atoms with van der Waals surface area (Å²) in [5, 5.41) is 3.41. The predicted molar refractivity (Wildman–Crippen MR) is 166 cm³/mol. The number of carbonyl (C=O) groups is 2. The van der Waals surface area contributed by atoms with E-state index < -0.39 is 5.41 Å². The molecule has 3 aromatic rings. The Morgan fingerprint density at radius 2 is 1.73 bits per heavy atom. The number of hydrogen-bond donors (Lipinski definition) is 1. The number of ether oxygens (including phenoxy) is 1. The normalized spacial score (nSPS) is 11.6. The second-order valence-electron chi connectivity index (χ2n) is 11.0. The molecular weight excluding hydrogens is 540 g/mol. The maximum atomic E-state index is 13.6. The maximum Gasteiger partial charge on any atom is 0.295 e. The van der Waals surface area contributed by atoms with Gasteiger partial charge in [-0.25, -0.2) is 4.68 Å². The van der Waals surface area contributed by atoms with Crippen LogP contribution in [0.1, 0.15) is 69.9 Å². The van der Waals surface area contributed by atoms with Gasteiger partial charge in [0.05, 0.1) is 23.6 Å². The molecule has 1 heterocycles. The lowest BCUT2D eigenvalue weighted by Crippen LogP contribution is -2.27. The van der Waals surface area contributed by atoms with Gasteiger partial charge in [0.25, 0.3) is 5.56 Å². The fraction of sp³-hybridized carbons (Fsp3) is 0.469. The van der Waals surface area contributed by atoms with Crippen molar-refractivity contribution in [2.45, 2.75) is 60.3 Å². The fourth-order valence-corrected chi connectivity index (χ4v) is 5.19. The zero-order chi connectivity index (χ0) is 30.2. The first-order valence-corrected chi connectivity index (χ1v) is 14.7. The van der Waals surface area contributed by atoms with Gasteiger partial charge in [0, 0.05) is 37.9 Å². The zero-order valence-electron chi connectivity index (χ0n) is 25.1. The number of nitrogens with one attached hydrogen (secondary N) is 1. The van der Waals surface area contributed by atoms with E-state index in [2.05, 4.69) is 24.1 Å². The molecule has 222 valence electrons. The Balaban J connectivity index is 1.78. The molecule has 41 heavy (non-hydrogen) atoms. The molecule has 0 saturated heterocycles. The van der Waals surface area contributed by atoms with Crippen molar-refractivity contribution in [3.05, 3.63) is 75.2 Å². The van der Waals surface area contributed by atoms with E-state index >= 15 is 0 Å². The van der Waals surface area contributed by atoms with Crippen LogP contribution in [-0.2, 0) is 18.3 Å². The van der Waals surface area contributed by atoms with Gasteiger partial charge in [-0.2, -0.15) is 0 Å². The van der Waals surface area contributed by atoms with Crippen LogP contribution in [0.25, 0.3) is 5.69 Å². The zero-order valence-corrected chi connectivity index (χ0v) is 25.9. The Bertz CT molecular complexity index is 1390. The molecule has 0 aliphatic rings. The van der Waals surface area contributed by atoms with E-state index in [1.165, 1.54) is 0 Å². The number of aromatic nitrogens is 2. The van der Waals surface area contributed by atoms with Gasteiger partial charge in [-0.1, -0.05) is 57.5 Å². The number of rotatable bonds is 15. The molecule has 0 bridgehead atoms. The van der Waals surface area contributed by atoms with E-state index in [9.17, 15) is 14.4 Å². The smallest absolute Gasteiger partial charge is 0.295 e. The van der Waals surface area contributed by atoms with Crippen LogP contribution in [0.3, 0.4) is 0 Å². The van der Waals surface area contributed by atoms with Crippen molar-refractivity contribution in [1.82, 2.24) is 14.3 Å². The molecule has 1 N–H and O–H groups in total. The predicted octanol–water partition coefficient (Wildman–Crippen LogP) is 6.13. The molecular formula is C32H43ClN4O4. The van der Waals surface area contributed by atoms with E-state index in [0.29, 0.717) is 41.5 Å². The molecule has 2 aromatic carbocycles. The summed E-state index contributed by atoms with van der Waals surface area (Å²) >= 11 is 6.14. The molecule has 0 saturated carbocycles. The second-order valence-corrected chi connectivity index (χ2v) is 11.4. The molecule has 0 unspecified atom stereocenters. The van der Waals surface area contributed by atoms with E-state index in [0.717, 1.165) is 31.0 Å². The van der Waals surface area contributed by atoms with Gasteiger partial charge >= 0.3 is 0 Å². The summed E-state index contributed by atoms with van der Waals surface area (Å²) in [7, 11) is 1.85. The van der Waals surface area contributed by atoms with Gasteiger partial charge in [0.2, 0.25) is 5.91 Å². The average molecular weight is 583 g/mol. The van der Waals surface area contributed by atoms with Crippen molar-refractivity contribution in [3.63, 3.8) is 0 Å². The first-order valence-electron chi connectivity index (χ1n) is 14.3. The molecule has 0 atom stereocenters. The van der Waals surface area contributed by atoms with Crippen LogP contribution in [0.5, 0.6) is 5.75 Å². The third-order valence-electron chi connectivity index (χ3n) is 7.42. The van der Waals surface area contributed by atoms with Crippen molar-refractivity contribution >= 4 is 29.0 Å². The SMILES string of the molecule is CCOc1ccc(Cl)cc1C(=O)CCC(C)(C)CC(=O)Nc1c(CCN(CC)CC)n(C)n(-c2ccccc2)c1=O. The Morgan fingerprint density at radius 1 is 1.05 bits per heavy atom. The standard InChI is InChI=1S/C32H43ClN4O4/c1-7-36(8-2)20-18-26-30(31(40)37(35(26)6)24-13-11-10-12-14-24)34-29(39)22-32(4,5)19-17-27(38)25-21-23(33)15-16-28(25)41-9-3/h10-16,21H,7-9,17-20,22H2,1-6H3,(H,34,39). The number of carbonyl (C=O) groups excluding carboxylic acids is 2. The monoisotopic (exact) mass is 582 g/mol. The number of benzene rings is 2. The number of ketones is 1. The highest BCUT2D eigenvalue weighted by Crippen LogP contribution is 2.31. The summed E-state index contributed by atoms with van der Waals surface area (Å²) in [5.41, 5.74) is 1.51. The quantitative estimate of drug-likeness (QED) is 0.218. The van der Waals surface area contributed by atoms with Gasteiger partial charge in [0.15, 0.2) is 5.78 Å². The highest BCUT2D eigenvalue weighted by Gasteiger charge is 2.27. The number of nitrogens with zero attached hydrogens (tertiary/aromatic N) is 3. The van der Waals surface area contributed by atoms with Crippen LogP contribution in [0.2, 0.25) is 5.02 Å². The molecule has 0 radical (unpaired) electrons. The lowest BCUT2D eigenvalue weighted by molar-refractivity contribution is -0.118. The first kappa shape index (κ1) is 32.2. The number of para-hydroxylation sites is 1. The summed E-state index contributed by atoms with van der Waals surface area (Å²) in [6.07, 6.45) is 1.49. The maximum absolute atomic E-state index is 13.6. The van der Waals surface area contributed by atoms with E-state index in [1.807, 2.05) is 62.8 Å². The van der Waals surface area contributed by atoms with Crippen molar-refractivity contribution in [2.24, 2.45) is 12.5 Å². The number of likely N-dealkylation sites (N-methyl/N-ethyl adjacent to an activating group) is 1. The lowest BCUT2D eigenvalue weighted by Gasteiger charge is -2.24. The number of amides is 1. The molecule has 1 aromatic heterocycles. The Kier molecular flexibility index (Phi) is 11.4. The Morgan fingerprint density at radius 3 is 2.37 bits per heavy atom. The average Bonchev–Trinajstić information content (AvgIpc) is 3.17. The van der Waals surface area contributed by atoms with Crippen LogP contribution in [0, 0.1) is 5.41 Å². The van der Waals surface area contributed by atoms with Crippen LogP contribution >= 0.6 is 11.6 Å². The summed E-state index contributed by atoms with van der Waals surface area (Å²) < 4.78 is 9.04. The van der Waals surface area contributed by atoms with E-state index in [1.54, 1.807) is 22.9 Å². The van der Waals surface area contributed by atoms with Gasteiger partial charge in [-0.3, -0.25) is 19.1 Å². The fourth-order valence-electron chi connectivity index (χ4n) is 5.02. The van der Waals surface area contributed by atoms with Crippen LogP contribution < -0.4 is 15.6 Å². The topological polar surface area (TPSA) is 85.6 Å². The van der Waals surface area contributed by atoms with Gasteiger partial charge < -0.3 is 15.0 Å². The minimum atomic E-state index is -0.487. The van der Waals surface area contributed by atoms with Crippen LogP contribution in [0.15, 0.2) is 53.3 Å². The summed E-state index contributed by atoms with van der Waals surface area (Å²) in [6, 6.07) is 14.4. The van der Waals surface area contributed by atoms with Crippen molar-refractivity contribution in [1.29, 1.82) is 0 Å². The van der Waals surface area contributed by atoms with E-state index in [4.69, 9.17) is 16.3 Å². The molecule has 0 aliphatic heterocycles. The second kappa shape index (κ2) is 14.5. The first-order chi connectivity index (χ1) is 19.5. The number of hydrogen-bond acceptors (Lipinski definition) is 5. The van der Waals surface area contributed by atoms with Crippen LogP contribution in [0.4, 0.5) is 5.69 Å². The largest absolute Gasteiger partial charge is 0.493 e. The van der Waals surface area contributed by atoms with Crippen molar-refractivity contribution < 1.29 is 14.3 Å². The van der Waals surface area contributed by atoms with Gasteiger partial charge in [-0.05, 0) is 62.2 Å². The molecule has 3 rings (SSSR count). The van der Waals surface area contributed by atoms with Crippen LogP contribution in [-0.4, -0.2) is 52.2 Å². The lowest BCUT2D eigenvalue weighted by atomic mass is 9.82. The van der Waals surface area contributed by atoms with Gasteiger partial charge in [0.1, 0.15) is 11.4 Å². The molecule has 0 fully saturated rings. The Labute approximate surface area is 248 Å². The summed E-state index contributed by atoms with van der Waals surface area (Å²) in [4.78, 5) is 42.3. The third kappa shape index (κ3) is 8.33. The summed E-state index contributed by atoms with van der Waals surface area (Å²) in [6.45, 7) is 13.0. The minimum absolute atomic E-state index is 0.0862. The third-order valence-corrected chi connectivity index (χ3v) is 7.65. The minimum Gasteiger partial charge on any atom is -0.493 e. The number of Topliss-reactive ketones (excluding diaryl/α,β-unsaturated/α-hetero) is 1. The van der Waals surface area contributed by atoms with E-state index in [-0.39, 0.29) is 30.1 Å². The molecule has 1 amide bonds. The Hall–Kier alpha value is -3.36. The summed E-state index contributed by atoms with van der Waals surface area (Å²) in [5.74, 6) is 0.164. The van der Waals surface area contributed by atoms with Gasteiger partial charge in [-0.15, -0.1) is 0 Å². The number of halogens is 1. The highest BCUT2D eigenvalue weighted by atomic mass is 35.5. The molecule has 9 heteroatoms.